The molecule has 3 rings (SSSR count). The average molecular weight is 314 g/mol. The van der Waals surface area contributed by atoms with Crippen LogP contribution in [-0.2, 0) is 6.54 Å². The molecule has 1 saturated heterocycles. The fraction of sp³-hybridized carbons (Fsp3) is 0.474. The van der Waals surface area contributed by atoms with Crippen LogP contribution in [0, 0.1) is 0 Å². The Morgan fingerprint density at radius 3 is 2.65 bits per heavy atom. The lowest BCUT2D eigenvalue weighted by Gasteiger charge is -2.39. The second kappa shape index (κ2) is 7.30. The first-order valence-electron chi connectivity index (χ1n) is 8.31. The Bertz CT molecular complexity index is 659. The minimum absolute atomic E-state index is 0.258. The summed E-state index contributed by atoms with van der Waals surface area (Å²) in [5.41, 5.74) is 1.34. The van der Waals surface area contributed by atoms with Gasteiger partial charge >= 0.3 is 0 Å². The molecule has 4 heteroatoms. The lowest BCUT2D eigenvalue weighted by Crippen LogP contribution is -2.51. The van der Waals surface area contributed by atoms with E-state index in [4.69, 9.17) is 4.74 Å². The third-order valence-corrected chi connectivity index (χ3v) is 4.91. The van der Waals surface area contributed by atoms with Crippen molar-refractivity contribution in [1.82, 2.24) is 9.80 Å². The van der Waals surface area contributed by atoms with Crippen molar-refractivity contribution in [3.05, 3.63) is 42.0 Å². The van der Waals surface area contributed by atoms with Gasteiger partial charge in [0.25, 0.3) is 0 Å². The number of benzene rings is 2. The Hall–Kier alpha value is -1.62. The van der Waals surface area contributed by atoms with Crippen LogP contribution in [0.3, 0.4) is 0 Å². The molecule has 0 spiro atoms. The molecule has 4 nitrogen and oxygen atoms in total. The highest BCUT2D eigenvalue weighted by Crippen LogP contribution is 2.29. The van der Waals surface area contributed by atoms with E-state index in [1.165, 1.54) is 16.3 Å². The van der Waals surface area contributed by atoms with E-state index < -0.39 is 0 Å². The summed E-state index contributed by atoms with van der Waals surface area (Å²) in [6, 6.07) is 13.1. The SMILES string of the molecule is COc1ccc(CN2CCN(C)C(CCO)C2)c2ccccc12. The zero-order valence-electron chi connectivity index (χ0n) is 14.0. The number of hydrogen-bond acceptors (Lipinski definition) is 4. The normalized spacial score (nSPS) is 20.0. The van der Waals surface area contributed by atoms with Crippen molar-refractivity contribution < 1.29 is 9.84 Å². The highest BCUT2D eigenvalue weighted by Gasteiger charge is 2.24. The van der Waals surface area contributed by atoms with Gasteiger partial charge in [0.2, 0.25) is 0 Å². The van der Waals surface area contributed by atoms with Gasteiger partial charge in [-0.2, -0.15) is 0 Å². The number of hydrogen-bond donors (Lipinski definition) is 1. The molecule has 0 amide bonds. The molecule has 0 radical (unpaired) electrons. The number of rotatable bonds is 5. The van der Waals surface area contributed by atoms with Crippen molar-refractivity contribution in [2.45, 2.75) is 19.0 Å². The number of aliphatic hydroxyl groups is 1. The Morgan fingerprint density at radius 1 is 1.13 bits per heavy atom. The molecule has 1 aliphatic heterocycles. The number of piperazine rings is 1. The van der Waals surface area contributed by atoms with Crippen LogP contribution in [0.25, 0.3) is 10.8 Å². The molecule has 0 aromatic heterocycles. The van der Waals surface area contributed by atoms with Crippen molar-refractivity contribution in [3.8, 4) is 5.75 Å². The zero-order valence-corrected chi connectivity index (χ0v) is 14.0. The molecule has 124 valence electrons. The monoisotopic (exact) mass is 314 g/mol. The van der Waals surface area contributed by atoms with Crippen molar-refractivity contribution in [3.63, 3.8) is 0 Å². The first-order valence-corrected chi connectivity index (χ1v) is 8.31. The maximum atomic E-state index is 9.25. The maximum Gasteiger partial charge on any atom is 0.126 e. The van der Waals surface area contributed by atoms with Crippen LogP contribution in [0.15, 0.2) is 36.4 Å². The van der Waals surface area contributed by atoms with Gasteiger partial charge in [-0.3, -0.25) is 4.90 Å². The standard InChI is InChI=1S/C19H26N2O2/c1-20-10-11-21(14-16(20)9-12-22)13-15-7-8-19(23-2)18-6-4-3-5-17(15)18/h3-8,16,22H,9-14H2,1-2H3. The largest absolute Gasteiger partial charge is 0.496 e. The Balaban J connectivity index is 1.82. The van der Waals surface area contributed by atoms with Crippen LogP contribution in [0.2, 0.25) is 0 Å². The molecule has 1 aliphatic rings. The number of aliphatic hydroxyl groups excluding tert-OH is 1. The summed E-state index contributed by atoms with van der Waals surface area (Å²) < 4.78 is 5.49. The Labute approximate surface area is 138 Å². The van der Waals surface area contributed by atoms with Crippen molar-refractivity contribution in [1.29, 1.82) is 0 Å². The third-order valence-electron chi connectivity index (χ3n) is 4.91. The van der Waals surface area contributed by atoms with E-state index in [1.54, 1.807) is 7.11 Å². The lowest BCUT2D eigenvalue weighted by molar-refractivity contribution is 0.0745. The zero-order chi connectivity index (χ0) is 16.2. The molecule has 2 aromatic carbocycles. The second-order valence-electron chi connectivity index (χ2n) is 6.35. The summed E-state index contributed by atoms with van der Waals surface area (Å²) >= 11 is 0. The van der Waals surface area contributed by atoms with E-state index in [-0.39, 0.29) is 6.61 Å². The quantitative estimate of drug-likeness (QED) is 0.919. The van der Waals surface area contributed by atoms with Crippen LogP contribution in [0.4, 0.5) is 0 Å². The van der Waals surface area contributed by atoms with E-state index in [1.807, 2.05) is 0 Å². The van der Waals surface area contributed by atoms with Crippen molar-refractivity contribution >= 4 is 10.8 Å². The topological polar surface area (TPSA) is 35.9 Å². The minimum Gasteiger partial charge on any atom is -0.496 e. The van der Waals surface area contributed by atoms with E-state index in [9.17, 15) is 5.11 Å². The Morgan fingerprint density at radius 2 is 1.91 bits per heavy atom. The van der Waals surface area contributed by atoms with E-state index >= 15 is 0 Å². The molecule has 0 saturated carbocycles. The maximum absolute atomic E-state index is 9.25. The van der Waals surface area contributed by atoms with Gasteiger partial charge in [-0.05, 0) is 30.5 Å². The molecule has 23 heavy (non-hydrogen) atoms. The molecule has 2 aromatic rings. The van der Waals surface area contributed by atoms with Crippen LogP contribution in [0.5, 0.6) is 5.75 Å². The molecule has 1 fully saturated rings. The number of likely N-dealkylation sites (N-methyl/N-ethyl adjacent to an activating group) is 1. The minimum atomic E-state index is 0.258. The molecular formula is C19H26N2O2. The van der Waals surface area contributed by atoms with E-state index in [0.29, 0.717) is 6.04 Å². The molecule has 0 aliphatic carbocycles. The summed E-state index contributed by atoms with van der Waals surface area (Å²) in [5.74, 6) is 0.931. The first-order chi connectivity index (χ1) is 11.2. The van der Waals surface area contributed by atoms with Crippen molar-refractivity contribution in [2.75, 3.05) is 40.4 Å². The lowest BCUT2D eigenvalue weighted by atomic mass is 10.0. The second-order valence-corrected chi connectivity index (χ2v) is 6.35. The molecule has 0 bridgehead atoms. The highest BCUT2D eigenvalue weighted by molar-refractivity contribution is 5.91. The fourth-order valence-electron chi connectivity index (χ4n) is 3.51. The number of nitrogens with zero attached hydrogens (tertiary/aromatic N) is 2. The third kappa shape index (κ3) is 3.50. The summed E-state index contributed by atoms with van der Waals surface area (Å²) in [6.45, 7) is 4.34. The van der Waals surface area contributed by atoms with Crippen LogP contribution in [-0.4, -0.2) is 61.3 Å². The predicted octanol–water partition coefficient (Wildman–Crippen LogP) is 2.35. The van der Waals surface area contributed by atoms with Gasteiger partial charge in [0, 0.05) is 44.2 Å². The van der Waals surface area contributed by atoms with Crippen LogP contribution < -0.4 is 4.74 Å². The van der Waals surface area contributed by atoms with Gasteiger partial charge < -0.3 is 14.7 Å². The summed E-state index contributed by atoms with van der Waals surface area (Å²) in [5, 5.41) is 11.7. The smallest absolute Gasteiger partial charge is 0.126 e. The fourth-order valence-corrected chi connectivity index (χ4v) is 3.51. The van der Waals surface area contributed by atoms with E-state index in [2.05, 4.69) is 53.2 Å². The molecule has 1 N–H and O–H groups in total. The number of methoxy groups -OCH3 is 1. The van der Waals surface area contributed by atoms with E-state index in [0.717, 1.165) is 38.3 Å². The molecule has 1 unspecified atom stereocenters. The van der Waals surface area contributed by atoms with Gasteiger partial charge in [-0.15, -0.1) is 0 Å². The van der Waals surface area contributed by atoms with Gasteiger partial charge in [0.1, 0.15) is 5.75 Å². The van der Waals surface area contributed by atoms with Crippen LogP contribution >= 0.6 is 0 Å². The summed E-state index contributed by atoms with van der Waals surface area (Å²) in [7, 11) is 3.88. The molecular weight excluding hydrogens is 288 g/mol. The van der Waals surface area contributed by atoms with Crippen LogP contribution in [0.1, 0.15) is 12.0 Å². The van der Waals surface area contributed by atoms with Crippen molar-refractivity contribution in [2.24, 2.45) is 0 Å². The summed E-state index contributed by atoms with van der Waals surface area (Å²) in [4.78, 5) is 4.85. The molecule has 1 atom stereocenters. The highest BCUT2D eigenvalue weighted by atomic mass is 16.5. The van der Waals surface area contributed by atoms with Gasteiger partial charge in [-0.1, -0.05) is 30.3 Å². The summed E-state index contributed by atoms with van der Waals surface area (Å²) in [6.07, 6.45) is 0.844. The van der Waals surface area contributed by atoms with Gasteiger partial charge in [-0.25, -0.2) is 0 Å². The van der Waals surface area contributed by atoms with Gasteiger partial charge in [0.15, 0.2) is 0 Å². The average Bonchev–Trinajstić information content (AvgIpc) is 2.58. The number of ether oxygens (including phenoxy) is 1. The number of fused-ring (bicyclic) bond motifs is 1. The Kier molecular flexibility index (Phi) is 5.16. The predicted molar refractivity (Wildman–Crippen MR) is 93.9 cm³/mol. The first kappa shape index (κ1) is 16.2. The van der Waals surface area contributed by atoms with Gasteiger partial charge in [0.05, 0.1) is 7.11 Å². The molecule has 1 heterocycles.